The van der Waals surface area contributed by atoms with Gasteiger partial charge in [-0.1, -0.05) is 12.1 Å². The zero-order valence-electron chi connectivity index (χ0n) is 9.26. The molecule has 0 radical (unpaired) electrons. The van der Waals surface area contributed by atoms with E-state index in [1.807, 2.05) is 6.07 Å². The standard InChI is InChI=1S/C12H13N3O2/c1-2-6-13-8-10-14-11(12(16)17)9-5-3-4-7-15(9)10/h2-5,7,13H,1,6,8H2,(H,16,17). The van der Waals surface area contributed by atoms with Crippen LogP contribution in [0.25, 0.3) is 5.52 Å². The molecule has 2 aromatic rings. The molecule has 0 aliphatic carbocycles. The minimum atomic E-state index is -1.01. The predicted molar refractivity (Wildman–Crippen MR) is 64.1 cm³/mol. The highest BCUT2D eigenvalue weighted by molar-refractivity contribution is 5.93. The Labute approximate surface area is 98.4 Å². The number of hydrogen-bond donors (Lipinski definition) is 2. The first kappa shape index (κ1) is 11.3. The summed E-state index contributed by atoms with van der Waals surface area (Å²) in [4.78, 5) is 15.2. The van der Waals surface area contributed by atoms with Gasteiger partial charge in [0.25, 0.3) is 0 Å². The van der Waals surface area contributed by atoms with Crippen LogP contribution in [0.1, 0.15) is 16.3 Å². The number of carbonyl (C=O) groups is 1. The van der Waals surface area contributed by atoms with Crippen LogP contribution in [0.15, 0.2) is 37.1 Å². The first-order chi connectivity index (χ1) is 8.24. The first-order valence-corrected chi connectivity index (χ1v) is 5.25. The third-order valence-electron chi connectivity index (χ3n) is 2.40. The van der Waals surface area contributed by atoms with E-state index in [9.17, 15) is 4.79 Å². The maximum absolute atomic E-state index is 11.0. The van der Waals surface area contributed by atoms with Crippen LogP contribution in [0, 0.1) is 0 Å². The van der Waals surface area contributed by atoms with Crippen LogP contribution < -0.4 is 5.32 Å². The Morgan fingerprint density at radius 1 is 1.59 bits per heavy atom. The fourth-order valence-corrected chi connectivity index (χ4v) is 1.67. The van der Waals surface area contributed by atoms with E-state index in [4.69, 9.17) is 5.11 Å². The molecule has 0 bridgehead atoms. The molecule has 0 amide bonds. The summed E-state index contributed by atoms with van der Waals surface area (Å²) in [6.07, 6.45) is 3.55. The lowest BCUT2D eigenvalue weighted by Crippen LogP contribution is -2.15. The number of nitrogens with one attached hydrogen (secondary N) is 1. The van der Waals surface area contributed by atoms with Crippen LogP contribution in [-0.4, -0.2) is 27.0 Å². The maximum Gasteiger partial charge on any atom is 0.356 e. The van der Waals surface area contributed by atoms with Crippen LogP contribution in [0.4, 0.5) is 0 Å². The molecule has 0 saturated carbocycles. The van der Waals surface area contributed by atoms with Gasteiger partial charge in [-0.05, 0) is 12.1 Å². The average molecular weight is 231 g/mol. The van der Waals surface area contributed by atoms with E-state index < -0.39 is 5.97 Å². The highest BCUT2D eigenvalue weighted by Crippen LogP contribution is 2.12. The molecular formula is C12H13N3O2. The summed E-state index contributed by atoms with van der Waals surface area (Å²) in [5.41, 5.74) is 0.691. The number of aromatic nitrogens is 2. The maximum atomic E-state index is 11.0. The Morgan fingerprint density at radius 3 is 3.12 bits per heavy atom. The highest BCUT2D eigenvalue weighted by Gasteiger charge is 2.15. The van der Waals surface area contributed by atoms with Crippen LogP contribution in [0.5, 0.6) is 0 Å². The lowest BCUT2D eigenvalue weighted by molar-refractivity contribution is 0.0693. The number of fused-ring (bicyclic) bond motifs is 1. The number of hydrogen-bond acceptors (Lipinski definition) is 3. The monoisotopic (exact) mass is 231 g/mol. The van der Waals surface area contributed by atoms with E-state index in [1.165, 1.54) is 0 Å². The van der Waals surface area contributed by atoms with Crippen LogP contribution in [0.2, 0.25) is 0 Å². The number of rotatable bonds is 5. The predicted octanol–water partition coefficient (Wildman–Crippen LogP) is 1.31. The number of nitrogens with zero attached hydrogens (tertiary/aromatic N) is 2. The second kappa shape index (κ2) is 4.80. The Balaban J connectivity index is 2.41. The lowest BCUT2D eigenvalue weighted by Gasteiger charge is -2.00. The molecule has 2 aromatic heterocycles. The number of pyridine rings is 1. The quantitative estimate of drug-likeness (QED) is 0.601. The molecule has 5 heteroatoms. The van der Waals surface area contributed by atoms with Crippen molar-refractivity contribution in [1.82, 2.24) is 14.7 Å². The third-order valence-corrected chi connectivity index (χ3v) is 2.40. The van der Waals surface area contributed by atoms with Crippen LogP contribution in [0.3, 0.4) is 0 Å². The van der Waals surface area contributed by atoms with Gasteiger partial charge in [0.1, 0.15) is 5.82 Å². The van der Waals surface area contributed by atoms with Gasteiger partial charge in [0.2, 0.25) is 0 Å². The second-order valence-corrected chi connectivity index (χ2v) is 3.56. The van der Waals surface area contributed by atoms with Crippen molar-refractivity contribution in [2.75, 3.05) is 6.54 Å². The molecule has 2 rings (SSSR count). The summed E-state index contributed by atoms with van der Waals surface area (Å²) in [5, 5.41) is 12.2. The molecular weight excluding hydrogens is 218 g/mol. The molecule has 0 saturated heterocycles. The van der Waals surface area contributed by atoms with Gasteiger partial charge in [-0.2, -0.15) is 0 Å². The Bertz CT molecular complexity index is 560. The largest absolute Gasteiger partial charge is 0.476 e. The smallest absolute Gasteiger partial charge is 0.356 e. The Kier molecular flexibility index (Phi) is 3.20. The fraction of sp³-hybridized carbons (Fsp3) is 0.167. The molecule has 2 N–H and O–H groups in total. The average Bonchev–Trinajstić information content (AvgIpc) is 2.69. The summed E-state index contributed by atoms with van der Waals surface area (Å²) in [6, 6.07) is 5.38. The van der Waals surface area contributed by atoms with E-state index in [-0.39, 0.29) is 5.69 Å². The van der Waals surface area contributed by atoms with Gasteiger partial charge in [0.05, 0.1) is 12.1 Å². The van der Waals surface area contributed by atoms with Gasteiger partial charge in [-0.25, -0.2) is 9.78 Å². The van der Waals surface area contributed by atoms with E-state index in [0.29, 0.717) is 24.4 Å². The second-order valence-electron chi connectivity index (χ2n) is 3.56. The molecule has 5 nitrogen and oxygen atoms in total. The zero-order chi connectivity index (χ0) is 12.3. The summed E-state index contributed by atoms with van der Waals surface area (Å²) in [6.45, 7) is 4.77. The third kappa shape index (κ3) is 2.19. The van der Waals surface area contributed by atoms with Crippen LogP contribution in [-0.2, 0) is 6.54 Å². The Hall–Kier alpha value is -2.14. The highest BCUT2D eigenvalue weighted by atomic mass is 16.4. The molecule has 88 valence electrons. The van der Waals surface area contributed by atoms with Crippen molar-refractivity contribution in [3.63, 3.8) is 0 Å². The first-order valence-electron chi connectivity index (χ1n) is 5.25. The van der Waals surface area contributed by atoms with Gasteiger partial charge in [-0.3, -0.25) is 0 Å². The number of carboxylic acid groups (broad SMARTS) is 1. The molecule has 0 aliphatic heterocycles. The van der Waals surface area contributed by atoms with Crippen molar-refractivity contribution in [2.24, 2.45) is 0 Å². The fourth-order valence-electron chi connectivity index (χ4n) is 1.67. The van der Waals surface area contributed by atoms with E-state index in [1.54, 1.807) is 28.8 Å². The summed E-state index contributed by atoms with van der Waals surface area (Å²) >= 11 is 0. The molecule has 0 fully saturated rings. The van der Waals surface area contributed by atoms with Gasteiger partial charge in [0.15, 0.2) is 5.69 Å². The van der Waals surface area contributed by atoms with Crippen molar-refractivity contribution >= 4 is 11.5 Å². The summed E-state index contributed by atoms with van der Waals surface area (Å²) in [7, 11) is 0. The number of carboxylic acids is 1. The molecule has 0 aliphatic rings. The topological polar surface area (TPSA) is 66.6 Å². The van der Waals surface area contributed by atoms with Gasteiger partial charge < -0.3 is 14.8 Å². The summed E-state index contributed by atoms with van der Waals surface area (Å²) in [5.74, 6) is -0.330. The molecule has 2 heterocycles. The van der Waals surface area contributed by atoms with Gasteiger partial charge >= 0.3 is 5.97 Å². The molecule has 0 spiro atoms. The van der Waals surface area contributed by atoms with Gasteiger partial charge in [0, 0.05) is 12.7 Å². The van der Waals surface area contributed by atoms with Crippen molar-refractivity contribution in [1.29, 1.82) is 0 Å². The van der Waals surface area contributed by atoms with E-state index >= 15 is 0 Å². The molecule has 17 heavy (non-hydrogen) atoms. The normalized spacial score (nSPS) is 10.6. The van der Waals surface area contributed by atoms with Crippen molar-refractivity contribution in [3.05, 3.63) is 48.6 Å². The van der Waals surface area contributed by atoms with Crippen molar-refractivity contribution in [2.45, 2.75) is 6.54 Å². The van der Waals surface area contributed by atoms with E-state index in [0.717, 1.165) is 0 Å². The molecule has 0 atom stereocenters. The zero-order valence-corrected chi connectivity index (χ0v) is 9.26. The van der Waals surface area contributed by atoms with E-state index in [2.05, 4.69) is 16.9 Å². The van der Waals surface area contributed by atoms with Crippen molar-refractivity contribution < 1.29 is 9.90 Å². The lowest BCUT2D eigenvalue weighted by atomic mass is 10.3. The minimum Gasteiger partial charge on any atom is -0.476 e. The van der Waals surface area contributed by atoms with Crippen LogP contribution >= 0.6 is 0 Å². The molecule has 0 unspecified atom stereocenters. The minimum absolute atomic E-state index is 0.0843. The number of imidazole rings is 1. The van der Waals surface area contributed by atoms with Gasteiger partial charge in [-0.15, -0.1) is 6.58 Å². The molecule has 0 aromatic carbocycles. The Morgan fingerprint density at radius 2 is 2.41 bits per heavy atom. The SMILES string of the molecule is C=CCNCc1nc(C(=O)O)c2ccccn12. The van der Waals surface area contributed by atoms with Crippen molar-refractivity contribution in [3.8, 4) is 0 Å². The summed E-state index contributed by atoms with van der Waals surface area (Å²) < 4.78 is 1.78. The number of aromatic carboxylic acids is 1.